The third kappa shape index (κ3) is 3.51. The molecule has 23 heavy (non-hydrogen) atoms. The molecule has 2 aromatic rings. The standard InChI is InChI=1S/C18H22N4O/c1-13(21-12-16-4-3-9-19-14(16)2)15-5-7-17(8-6-15)22-11-10-20-18(22)23/h3-9,13,21H,10-12H2,1-2H3,(H,20,23). The number of pyridine rings is 1. The van der Waals surface area contributed by atoms with Crippen molar-refractivity contribution in [2.75, 3.05) is 18.0 Å². The zero-order valence-electron chi connectivity index (χ0n) is 13.5. The molecule has 1 aromatic carbocycles. The predicted octanol–water partition coefficient (Wildman–Crippen LogP) is 2.77. The van der Waals surface area contributed by atoms with E-state index in [1.165, 1.54) is 11.1 Å². The van der Waals surface area contributed by atoms with Crippen molar-refractivity contribution in [3.05, 3.63) is 59.4 Å². The number of hydrogen-bond acceptors (Lipinski definition) is 3. The number of nitrogens with zero attached hydrogens (tertiary/aromatic N) is 2. The van der Waals surface area contributed by atoms with Gasteiger partial charge in [0.1, 0.15) is 0 Å². The smallest absolute Gasteiger partial charge is 0.321 e. The van der Waals surface area contributed by atoms with Gasteiger partial charge in [-0.1, -0.05) is 18.2 Å². The summed E-state index contributed by atoms with van der Waals surface area (Å²) in [6.45, 7) is 6.40. The van der Waals surface area contributed by atoms with E-state index in [-0.39, 0.29) is 12.1 Å². The van der Waals surface area contributed by atoms with Crippen LogP contribution in [0.4, 0.5) is 10.5 Å². The fourth-order valence-electron chi connectivity index (χ4n) is 2.75. The second-order valence-electron chi connectivity index (χ2n) is 5.83. The maximum Gasteiger partial charge on any atom is 0.321 e. The number of hydrogen-bond donors (Lipinski definition) is 2. The molecule has 0 saturated carbocycles. The molecule has 1 unspecified atom stereocenters. The van der Waals surface area contributed by atoms with Crippen molar-refractivity contribution in [3.8, 4) is 0 Å². The largest absolute Gasteiger partial charge is 0.336 e. The fraction of sp³-hybridized carbons (Fsp3) is 0.333. The number of amides is 2. The average Bonchev–Trinajstić information content (AvgIpc) is 3.00. The van der Waals surface area contributed by atoms with E-state index in [1.807, 2.05) is 31.3 Å². The molecule has 0 bridgehead atoms. The van der Waals surface area contributed by atoms with Crippen LogP contribution in [0, 0.1) is 6.92 Å². The second kappa shape index (κ2) is 6.79. The van der Waals surface area contributed by atoms with E-state index in [0.717, 1.165) is 24.5 Å². The van der Waals surface area contributed by atoms with E-state index < -0.39 is 0 Å². The van der Waals surface area contributed by atoms with Gasteiger partial charge >= 0.3 is 6.03 Å². The first-order chi connectivity index (χ1) is 11.1. The highest BCUT2D eigenvalue weighted by Crippen LogP contribution is 2.21. The van der Waals surface area contributed by atoms with E-state index >= 15 is 0 Å². The zero-order chi connectivity index (χ0) is 16.2. The average molecular weight is 310 g/mol. The zero-order valence-corrected chi connectivity index (χ0v) is 13.5. The number of aromatic nitrogens is 1. The molecule has 1 fully saturated rings. The highest BCUT2D eigenvalue weighted by atomic mass is 16.2. The summed E-state index contributed by atoms with van der Waals surface area (Å²) in [6.07, 6.45) is 1.81. The summed E-state index contributed by atoms with van der Waals surface area (Å²) in [7, 11) is 0. The second-order valence-corrected chi connectivity index (χ2v) is 5.83. The first kappa shape index (κ1) is 15.5. The number of aryl methyl sites for hydroxylation is 1. The number of anilines is 1. The summed E-state index contributed by atoms with van der Waals surface area (Å²) in [5, 5.41) is 6.34. The Hall–Kier alpha value is -2.40. The van der Waals surface area contributed by atoms with E-state index in [9.17, 15) is 4.79 Å². The molecule has 0 spiro atoms. The lowest BCUT2D eigenvalue weighted by Gasteiger charge is -2.18. The van der Waals surface area contributed by atoms with Crippen molar-refractivity contribution in [1.29, 1.82) is 0 Å². The first-order valence-electron chi connectivity index (χ1n) is 7.94. The summed E-state index contributed by atoms with van der Waals surface area (Å²) < 4.78 is 0. The van der Waals surface area contributed by atoms with Gasteiger partial charge in [0.15, 0.2) is 0 Å². The summed E-state index contributed by atoms with van der Waals surface area (Å²) >= 11 is 0. The summed E-state index contributed by atoms with van der Waals surface area (Å²) in [5.74, 6) is 0. The lowest BCUT2D eigenvalue weighted by molar-refractivity contribution is 0.252. The SMILES string of the molecule is Cc1ncccc1CNC(C)c1ccc(N2CCNC2=O)cc1. The predicted molar refractivity (Wildman–Crippen MR) is 91.4 cm³/mol. The van der Waals surface area contributed by atoms with Crippen LogP contribution >= 0.6 is 0 Å². The minimum absolute atomic E-state index is 0.0176. The molecule has 1 aliphatic rings. The number of rotatable bonds is 5. The molecule has 5 heteroatoms. The molecule has 5 nitrogen and oxygen atoms in total. The summed E-state index contributed by atoms with van der Waals surface area (Å²) in [6, 6.07) is 12.4. The number of urea groups is 1. The Morgan fingerprint density at radius 3 is 2.74 bits per heavy atom. The Bertz CT molecular complexity index is 684. The Labute approximate surface area is 136 Å². The molecule has 1 aliphatic heterocycles. The van der Waals surface area contributed by atoms with Gasteiger partial charge in [-0.25, -0.2) is 4.79 Å². The molecule has 1 saturated heterocycles. The molecule has 3 rings (SSSR count). The normalized spacial score (nSPS) is 15.6. The van der Waals surface area contributed by atoms with Gasteiger partial charge in [-0.15, -0.1) is 0 Å². The minimum atomic E-state index is -0.0176. The minimum Gasteiger partial charge on any atom is -0.336 e. The molecular weight excluding hydrogens is 288 g/mol. The summed E-state index contributed by atoms with van der Waals surface area (Å²) in [5.41, 5.74) is 4.42. The van der Waals surface area contributed by atoms with Crippen molar-refractivity contribution >= 4 is 11.7 Å². The van der Waals surface area contributed by atoms with Crippen LogP contribution < -0.4 is 15.5 Å². The molecule has 2 N–H and O–H groups in total. The van der Waals surface area contributed by atoms with E-state index in [1.54, 1.807) is 4.90 Å². The maximum atomic E-state index is 11.7. The van der Waals surface area contributed by atoms with Gasteiger partial charge in [-0.2, -0.15) is 0 Å². The van der Waals surface area contributed by atoms with Gasteiger partial charge in [0.05, 0.1) is 0 Å². The van der Waals surface area contributed by atoms with Gasteiger partial charge in [-0.3, -0.25) is 9.88 Å². The van der Waals surface area contributed by atoms with E-state index in [0.29, 0.717) is 6.54 Å². The molecular formula is C18H22N4O. The highest BCUT2D eigenvalue weighted by Gasteiger charge is 2.20. The van der Waals surface area contributed by atoms with Gasteiger partial charge < -0.3 is 10.6 Å². The molecule has 2 amide bonds. The van der Waals surface area contributed by atoms with Crippen LogP contribution in [0.2, 0.25) is 0 Å². The van der Waals surface area contributed by atoms with Crippen molar-refractivity contribution in [2.24, 2.45) is 0 Å². The van der Waals surface area contributed by atoms with Crippen LogP contribution in [0.3, 0.4) is 0 Å². The molecule has 2 heterocycles. The molecule has 0 aliphatic carbocycles. The van der Waals surface area contributed by atoms with Crippen LogP contribution in [0.1, 0.15) is 29.8 Å². The van der Waals surface area contributed by atoms with Crippen molar-refractivity contribution in [1.82, 2.24) is 15.6 Å². The van der Waals surface area contributed by atoms with Gasteiger partial charge in [-0.05, 0) is 43.2 Å². The highest BCUT2D eigenvalue weighted by molar-refractivity contribution is 5.93. The van der Waals surface area contributed by atoms with Crippen LogP contribution in [0.25, 0.3) is 0 Å². The summed E-state index contributed by atoms with van der Waals surface area (Å²) in [4.78, 5) is 17.8. The van der Waals surface area contributed by atoms with Gasteiger partial charge in [0.25, 0.3) is 0 Å². The van der Waals surface area contributed by atoms with Crippen molar-refractivity contribution in [3.63, 3.8) is 0 Å². The van der Waals surface area contributed by atoms with Crippen LogP contribution in [0.5, 0.6) is 0 Å². The first-order valence-corrected chi connectivity index (χ1v) is 7.94. The third-order valence-corrected chi connectivity index (χ3v) is 4.28. The van der Waals surface area contributed by atoms with Crippen molar-refractivity contribution in [2.45, 2.75) is 26.4 Å². The van der Waals surface area contributed by atoms with E-state index in [4.69, 9.17) is 0 Å². The van der Waals surface area contributed by atoms with Gasteiger partial charge in [0.2, 0.25) is 0 Å². The molecule has 0 radical (unpaired) electrons. The quantitative estimate of drug-likeness (QED) is 0.893. The van der Waals surface area contributed by atoms with Crippen molar-refractivity contribution < 1.29 is 4.79 Å². The molecule has 1 aromatic heterocycles. The van der Waals surface area contributed by atoms with Gasteiger partial charge in [0, 0.05) is 43.3 Å². The number of carbonyl (C=O) groups excluding carboxylic acids is 1. The molecule has 1 atom stereocenters. The monoisotopic (exact) mass is 310 g/mol. The fourth-order valence-corrected chi connectivity index (χ4v) is 2.75. The Morgan fingerprint density at radius 2 is 2.09 bits per heavy atom. The van der Waals surface area contributed by atoms with E-state index in [2.05, 4.69) is 40.7 Å². The lowest BCUT2D eigenvalue weighted by atomic mass is 10.1. The Balaban J connectivity index is 1.62. The lowest BCUT2D eigenvalue weighted by Crippen LogP contribution is -2.27. The molecule has 120 valence electrons. The van der Waals surface area contributed by atoms with Crippen LogP contribution in [0.15, 0.2) is 42.6 Å². The topological polar surface area (TPSA) is 57.3 Å². The number of benzene rings is 1. The number of carbonyl (C=O) groups is 1. The Morgan fingerprint density at radius 1 is 1.30 bits per heavy atom. The maximum absolute atomic E-state index is 11.7. The van der Waals surface area contributed by atoms with Crippen LogP contribution in [-0.4, -0.2) is 24.1 Å². The third-order valence-electron chi connectivity index (χ3n) is 4.28. The van der Waals surface area contributed by atoms with Crippen LogP contribution in [-0.2, 0) is 6.54 Å². The Kier molecular flexibility index (Phi) is 4.57. The number of nitrogens with one attached hydrogen (secondary N) is 2.